The molecule has 0 radical (unpaired) electrons. The van der Waals surface area contributed by atoms with Crippen molar-refractivity contribution in [3.63, 3.8) is 0 Å². The molecule has 6 nitrogen and oxygen atoms in total. The van der Waals surface area contributed by atoms with Crippen LogP contribution in [0.5, 0.6) is 0 Å². The zero-order chi connectivity index (χ0) is 16.4. The second kappa shape index (κ2) is 6.91. The van der Waals surface area contributed by atoms with Gasteiger partial charge in [-0.2, -0.15) is 5.10 Å². The highest BCUT2D eigenvalue weighted by Crippen LogP contribution is 2.35. The van der Waals surface area contributed by atoms with E-state index >= 15 is 0 Å². The average Bonchev–Trinajstić information content (AvgIpc) is 3.14. The van der Waals surface area contributed by atoms with Crippen LogP contribution in [0.15, 0.2) is 12.4 Å². The molecule has 0 bridgehead atoms. The van der Waals surface area contributed by atoms with Gasteiger partial charge in [-0.3, -0.25) is 4.68 Å². The molecule has 0 aromatic carbocycles. The fourth-order valence-corrected chi connectivity index (χ4v) is 5.96. The number of nitrogens with zero attached hydrogens (tertiary/aromatic N) is 3. The van der Waals surface area contributed by atoms with Crippen molar-refractivity contribution in [2.45, 2.75) is 38.0 Å². The van der Waals surface area contributed by atoms with Gasteiger partial charge in [-0.1, -0.05) is 19.3 Å². The van der Waals surface area contributed by atoms with Crippen LogP contribution in [-0.4, -0.2) is 53.1 Å². The molecule has 1 aliphatic heterocycles. The number of aliphatic hydroxyl groups is 1. The zero-order valence-electron chi connectivity index (χ0n) is 13.8. The van der Waals surface area contributed by atoms with E-state index in [1.54, 1.807) is 15.2 Å². The summed E-state index contributed by atoms with van der Waals surface area (Å²) in [6, 6.07) is 0. The first-order valence-electron chi connectivity index (χ1n) is 8.57. The average molecular weight is 341 g/mol. The molecule has 0 amide bonds. The molecule has 23 heavy (non-hydrogen) atoms. The van der Waals surface area contributed by atoms with Gasteiger partial charge in [-0.25, -0.2) is 12.7 Å². The van der Waals surface area contributed by atoms with Gasteiger partial charge in [-0.15, -0.1) is 0 Å². The molecule has 2 heterocycles. The second-order valence-corrected chi connectivity index (χ2v) is 9.11. The number of aromatic nitrogens is 2. The molecule has 2 aliphatic rings. The van der Waals surface area contributed by atoms with Crippen LogP contribution in [0, 0.1) is 11.8 Å². The van der Waals surface area contributed by atoms with Crippen LogP contribution in [-0.2, 0) is 17.1 Å². The molecule has 1 saturated carbocycles. The number of rotatable bonds is 5. The molecule has 1 saturated heterocycles. The minimum absolute atomic E-state index is 0.00894. The van der Waals surface area contributed by atoms with Gasteiger partial charge in [0.15, 0.2) is 0 Å². The molecular formula is C16H27N3O3S. The number of aliphatic hydroxyl groups excluding tert-OH is 1. The third-order valence-corrected chi connectivity index (χ3v) is 7.34. The summed E-state index contributed by atoms with van der Waals surface area (Å²) in [6.45, 7) is 0.895. The molecule has 2 fully saturated rings. The zero-order valence-corrected chi connectivity index (χ0v) is 14.6. The molecule has 2 atom stereocenters. The van der Waals surface area contributed by atoms with Gasteiger partial charge in [0, 0.05) is 44.8 Å². The van der Waals surface area contributed by atoms with Crippen LogP contribution < -0.4 is 0 Å². The summed E-state index contributed by atoms with van der Waals surface area (Å²) >= 11 is 0. The Kier molecular flexibility index (Phi) is 5.08. The van der Waals surface area contributed by atoms with E-state index in [0.717, 1.165) is 31.2 Å². The van der Waals surface area contributed by atoms with E-state index in [1.807, 2.05) is 13.2 Å². The third-order valence-electron chi connectivity index (χ3n) is 5.36. The SMILES string of the molecule is Cn1cc([C@@H]2CN(S(=O)(=O)CC3CCCCC3)C[C@H]2CO)cn1. The van der Waals surface area contributed by atoms with Crippen LogP contribution in [0.25, 0.3) is 0 Å². The Bertz CT molecular complexity index is 622. The Labute approximate surface area is 138 Å². The monoisotopic (exact) mass is 341 g/mol. The fourth-order valence-electron chi connectivity index (χ4n) is 4.01. The minimum atomic E-state index is -3.24. The van der Waals surface area contributed by atoms with E-state index < -0.39 is 10.0 Å². The molecule has 1 aromatic heterocycles. The van der Waals surface area contributed by atoms with E-state index in [9.17, 15) is 13.5 Å². The third kappa shape index (κ3) is 3.78. The number of sulfonamides is 1. The highest BCUT2D eigenvalue weighted by atomic mass is 32.2. The molecule has 0 unspecified atom stereocenters. The first-order chi connectivity index (χ1) is 11.0. The normalized spacial score (nSPS) is 27.6. The molecule has 130 valence electrons. The Balaban J connectivity index is 1.70. The lowest BCUT2D eigenvalue weighted by Crippen LogP contribution is -2.34. The van der Waals surface area contributed by atoms with Crippen LogP contribution >= 0.6 is 0 Å². The first kappa shape index (κ1) is 16.9. The topological polar surface area (TPSA) is 75.4 Å². The summed E-state index contributed by atoms with van der Waals surface area (Å²) in [4.78, 5) is 0. The van der Waals surface area contributed by atoms with Crippen molar-refractivity contribution < 1.29 is 13.5 Å². The molecule has 0 spiro atoms. The summed E-state index contributed by atoms with van der Waals surface area (Å²) in [6.07, 6.45) is 9.30. The van der Waals surface area contributed by atoms with E-state index in [0.29, 0.717) is 19.0 Å². The highest BCUT2D eigenvalue weighted by molar-refractivity contribution is 7.89. The van der Waals surface area contributed by atoms with Crippen LogP contribution in [0.4, 0.5) is 0 Å². The van der Waals surface area contributed by atoms with Crippen molar-refractivity contribution >= 4 is 10.0 Å². The van der Waals surface area contributed by atoms with E-state index in [1.165, 1.54) is 6.42 Å². The molecule has 1 aliphatic carbocycles. The van der Waals surface area contributed by atoms with Gasteiger partial charge in [0.1, 0.15) is 0 Å². The predicted molar refractivity (Wildman–Crippen MR) is 88.5 cm³/mol. The maximum atomic E-state index is 12.8. The summed E-state index contributed by atoms with van der Waals surface area (Å²) in [7, 11) is -1.39. The number of hydrogen-bond donors (Lipinski definition) is 1. The van der Waals surface area contributed by atoms with E-state index in [2.05, 4.69) is 5.10 Å². The van der Waals surface area contributed by atoms with Crippen molar-refractivity contribution in [1.82, 2.24) is 14.1 Å². The Morgan fingerprint density at radius 2 is 2.00 bits per heavy atom. The van der Waals surface area contributed by atoms with Crippen LogP contribution in [0.2, 0.25) is 0 Å². The molecule has 1 N–H and O–H groups in total. The lowest BCUT2D eigenvalue weighted by molar-refractivity contribution is 0.223. The summed E-state index contributed by atoms with van der Waals surface area (Å²) in [5.74, 6) is 0.569. The molecule has 7 heteroatoms. The van der Waals surface area contributed by atoms with Crippen molar-refractivity contribution in [3.8, 4) is 0 Å². The van der Waals surface area contributed by atoms with E-state index in [4.69, 9.17) is 0 Å². The van der Waals surface area contributed by atoms with E-state index in [-0.39, 0.29) is 24.2 Å². The maximum Gasteiger partial charge on any atom is 0.214 e. The lowest BCUT2D eigenvalue weighted by atomic mass is 9.91. The molecule has 3 rings (SSSR count). The summed E-state index contributed by atoms with van der Waals surface area (Å²) in [5, 5.41) is 13.8. The molecular weight excluding hydrogens is 314 g/mol. The minimum Gasteiger partial charge on any atom is -0.396 e. The van der Waals surface area contributed by atoms with Crippen molar-refractivity contribution in [1.29, 1.82) is 0 Å². The fraction of sp³-hybridized carbons (Fsp3) is 0.812. The largest absolute Gasteiger partial charge is 0.396 e. The Morgan fingerprint density at radius 1 is 1.26 bits per heavy atom. The van der Waals surface area contributed by atoms with Gasteiger partial charge >= 0.3 is 0 Å². The maximum absolute atomic E-state index is 12.8. The molecule has 1 aromatic rings. The highest BCUT2D eigenvalue weighted by Gasteiger charge is 2.40. The lowest BCUT2D eigenvalue weighted by Gasteiger charge is -2.24. The Hall–Kier alpha value is -0.920. The van der Waals surface area contributed by atoms with Crippen molar-refractivity contribution in [2.24, 2.45) is 18.9 Å². The van der Waals surface area contributed by atoms with Crippen molar-refractivity contribution in [3.05, 3.63) is 18.0 Å². The number of hydrogen-bond acceptors (Lipinski definition) is 4. The quantitative estimate of drug-likeness (QED) is 0.877. The number of aryl methyl sites for hydroxylation is 1. The standard InChI is InChI=1S/C16H27N3O3S/c1-18-8-14(7-17-18)16-10-19(9-15(16)11-20)23(21,22)12-13-5-3-2-4-6-13/h7-8,13,15-16,20H,2-6,9-12H2,1H3/t15-,16-/m0/s1. The van der Waals surface area contributed by atoms with Gasteiger partial charge in [0.25, 0.3) is 0 Å². The van der Waals surface area contributed by atoms with Gasteiger partial charge in [0.2, 0.25) is 10.0 Å². The summed E-state index contributed by atoms with van der Waals surface area (Å²) in [5.41, 5.74) is 1.02. The van der Waals surface area contributed by atoms with Crippen LogP contribution in [0.1, 0.15) is 43.6 Å². The first-order valence-corrected chi connectivity index (χ1v) is 10.2. The second-order valence-electron chi connectivity index (χ2n) is 7.10. The Morgan fingerprint density at radius 3 is 2.61 bits per heavy atom. The van der Waals surface area contributed by atoms with Gasteiger partial charge < -0.3 is 5.11 Å². The smallest absolute Gasteiger partial charge is 0.214 e. The van der Waals surface area contributed by atoms with Gasteiger partial charge in [0.05, 0.1) is 11.9 Å². The van der Waals surface area contributed by atoms with Crippen molar-refractivity contribution in [2.75, 3.05) is 25.4 Å². The van der Waals surface area contributed by atoms with Crippen LogP contribution in [0.3, 0.4) is 0 Å². The summed E-state index contributed by atoms with van der Waals surface area (Å²) < 4.78 is 28.9. The predicted octanol–water partition coefficient (Wildman–Crippen LogP) is 1.34. The van der Waals surface area contributed by atoms with Gasteiger partial charge in [-0.05, 0) is 24.3 Å².